The number of carboxylic acid groups (broad SMARTS) is 1. The molecule has 5 heteroatoms. The van der Waals surface area contributed by atoms with Gasteiger partial charge in [0, 0.05) is 5.56 Å². The van der Waals surface area contributed by atoms with Gasteiger partial charge in [0.25, 0.3) is 0 Å². The van der Waals surface area contributed by atoms with E-state index in [2.05, 4.69) is 13.2 Å². The molecule has 0 saturated heterocycles. The average Bonchev–Trinajstić information content (AvgIpc) is 2.56. The molecule has 0 radical (unpaired) electrons. The Morgan fingerprint density at radius 2 is 1.56 bits per heavy atom. The molecule has 0 aliphatic heterocycles. The van der Waals surface area contributed by atoms with Gasteiger partial charge < -0.3 is 15.9 Å². The summed E-state index contributed by atoms with van der Waals surface area (Å²) in [6.07, 6.45) is 4.83. The Hall–Kier alpha value is -2.56. The van der Waals surface area contributed by atoms with Crippen LogP contribution in [0.15, 0.2) is 61.7 Å². The Morgan fingerprint density at radius 3 is 2.08 bits per heavy atom. The number of aliphatic carboxylic acids is 1. The minimum Gasteiger partial charge on any atom is -0.507 e. The van der Waals surface area contributed by atoms with Crippen molar-refractivity contribution < 1.29 is 15.0 Å². The number of allylic oxidation sites excluding steroid dienone is 2. The van der Waals surface area contributed by atoms with Crippen molar-refractivity contribution in [2.24, 2.45) is 5.73 Å². The molecule has 4 nitrogen and oxygen atoms in total. The Labute approximate surface area is 153 Å². The Morgan fingerprint density at radius 1 is 1.04 bits per heavy atom. The summed E-state index contributed by atoms with van der Waals surface area (Å²) in [5.74, 6) is -1.04. The molecule has 1 atom stereocenters. The van der Waals surface area contributed by atoms with Gasteiger partial charge in [0.05, 0.1) is 0 Å². The molecule has 132 valence electrons. The molecule has 25 heavy (non-hydrogen) atoms. The van der Waals surface area contributed by atoms with Crippen molar-refractivity contribution in [2.75, 3.05) is 0 Å². The summed E-state index contributed by atoms with van der Waals surface area (Å²) in [7, 11) is 0. The summed E-state index contributed by atoms with van der Waals surface area (Å²) in [5, 5.41) is 19.6. The minimum atomic E-state index is -1.17. The van der Waals surface area contributed by atoms with Crippen LogP contribution in [0.3, 0.4) is 0 Å². The molecule has 0 spiro atoms. The number of halogens is 1. The van der Waals surface area contributed by atoms with Crippen LogP contribution in [0.4, 0.5) is 0 Å². The zero-order valence-corrected chi connectivity index (χ0v) is 14.6. The molecule has 1 unspecified atom stereocenters. The molecular formula is C20H22ClNO3. The number of aromatic hydroxyl groups is 1. The van der Waals surface area contributed by atoms with Crippen molar-refractivity contribution in [1.29, 1.82) is 0 Å². The molecule has 2 aromatic carbocycles. The van der Waals surface area contributed by atoms with E-state index in [4.69, 9.17) is 5.73 Å². The fraction of sp³-hybridized carbons (Fsp3) is 0.150. The highest BCUT2D eigenvalue weighted by atomic mass is 35.5. The highest BCUT2D eigenvalue weighted by Crippen LogP contribution is 2.35. The average molecular weight is 360 g/mol. The fourth-order valence-corrected chi connectivity index (χ4v) is 2.63. The lowest BCUT2D eigenvalue weighted by Crippen LogP contribution is -2.21. The van der Waals surface area contributed by atoms with E-state index >= 15 is 0 Å². The number of phenols is 1. The van der Waals surface area contributed by atoms with Crippen LogP contribution < -0.4 is 5.73 Å². The number of benzene rings is 2. The minimum absolute atomic E-state index is 0. The van der Waals surface area contributed by atoms with E-state index in [0.717, 1.165) is 11.1 Å². The molecular weight excluding hydrogens is 338 g/mol. The highest BCUT2D eigenvalue weighted by molar-refractivity contribution is 5.85. The summed E-state index contributed by atoms with van der Waals surface area (Å²) in [6, 6.07) is 9.46. The molecule has 0 aromatic heterocycles. The molecule has 2 rings (SSSR count). The third-order valence-corrected chi connectivity index (χ3v) is 3.83. The first-order valence-electron chi connectivity index (χ1n) is 7.63. The Bertz CT molecular complexity index is 787. The number of rotatable bonds is 7. The number of hydrogen-bond donors (Lipinski definition) is 3. The highest BCUT2D eigenvalue weighted by Gasteiger charge is 2.20. The van der Waals surface area contributed by atoms with Gasteiger partial charge in [-0.15, -0.1) is 25.6 Å². The lowest BCUT2D eigenvalue weighted by molar-refractivity contribution is -0.138. The van der Waals surface area contributed by atoms with Crippen LogP contribution in [0.5, 0.6) is 5.75 Å². The van der Waals surface area contributed by atoms with E-state index in [1.165, 1.54) is 0 Å². The van der Waals surface area contributed by atoms with Crippen LogP contribution in [0.1, 0.15) is 22.7 Å². The third-order valence-electron chi connectivity index (χ3n) is 3.83. The molecule has 2 aromatic rings. The number of carbonyl (C=O) groups is 1. The Kier molecular flexibility index (Phi) is 7.43. The van der Waals surface area contributed by atoms with Gasteiger partial charge in [-0.05, 0) is 47.2 Å². The zero-order chi connectivity index (χ0) is 17.7. The lowest BCUT2D eigenvalue weighted by Gasteiger charge is -2.16. The Balaban J connectivity index is 0.00000312. The zero-order valence-electron chi connectivity index (χ0n) is 13.8. The second-order valence-corrected chi connectivity index (χ2v) is 5.57. The topological polar surface area (TPSA) is 83.5 Å². The number of phenolic OH excluding ortho intramolecular Hbond substituents is 1. The van der Waals surface area contributed by atoms with Crippen molar-refractivity contribution in [3.05, 3.63) is 78.4 Å². The number of carboxylic acids is 1. The largest absolute Gasteiger partial charge is 0.507 e. The monoisotopic (exact) mass is 359 g/mol. The van der Waals surface area contributed by atoms with E-state index in [-0.39, 0.29) is 18.2 Å². The molecule has 0 heterocycles. The summed E-state index contributed by atoms with van der Waals surface area (Å²) >= 11 is 0. The quantitative estimate of drug-likeness (QED) is 0.652. The second kappa shape index (κ2) is 9.06. The lowest BCUT2D eigenvalue weighted by atomic mass is 9.91. The van der Waals surface area contributed by atoms with Gasteiger partial charge in [-0.25, -0.2) is 0 Å². The predicted octanol–water partition coefficient (Wildman–Crippen LogP) is 4.02. The maximum atomic E-state index is 11.3. The van der Waals surface area contributed by atoms with Crippen LogP contribution in [-0.4, -0.2) is 16.2 Å². The fourth-order valence-electron chi connectivity index (χ4n) is 2.63. The number of hydrogen-bond acceptors (Lipinski definition) is 3. The van der Waals surface area contributed by atoms with Crippen molar-refractivity contribution in [1.82, 2.24) is 0 Å². The molecule has 0 amide bonds. The first-order chi connectivity index (χ1) is 11.5. The second-order valence-electron chi connectivity index (χ2n) is 5.57. The van der Waals surface area contributed by atoms with Gasteiger partial charge in [-0.2, -0.15) is 0 Å². The van der Waals surface area contributed by atoms with E-state index in [1.54, 1.807) is 24.3 Å². The summed E-state index contributed by atoms with van der Waals surface area (Å²) in [6.45, 7) is 7.44. The van der Waals surface area contributed by atoms with Gasteiger partial charge in [-0.3, -0.25) is 4.79 Å². The van der Waals surface area contributed by atoms with E-state index in [1.807, 2.05) is 24.3 Å². The molecule has 0 bridgehead atoms. The normalized spacial score (nSPS) is 11.2. The van der Waals surface area contributed by atoms with Gasteiger partial charge in [0.1, 0.15) is 11.8 Å². The molecule has 0 aliphatic carbocycles. The first kappa shape index (κ1) is 20.5. The van der Waals surface area contributed by atoms with Crippen molar-refractivity contribution in [3.8, 4) is 16.9 Å². The smallest absolute Gasteiger partial charge is 0.325 e. The van der Waals surface area contributed by atoms with E-state index in [9.17, 15) is 15.0 Å². The van der Waals surface area contributed by atoms with Crippen molar-refractivity contribution in [3.63, 3.8) is 0 Å². The van der Waals surface area contributed by atoms with Crippen LogP contribution in [-0.2, 0) is 17.6 Å². The van der Waals surface area contributed by atoms with Crippen LogP contribution in [0.2, 0.25) is 0 Å². The van der Waals surface area contributed by atoms with Gasteiger partial charge in [-0.1, -0.05) is 36.4 Å². The van der Waals surface area contributed by atoms with E-state index in [0.29, 0.717) is 29.5 Å². The SMILES string of the molecule is C=CCc1ccc(O)c(-c2cc(CC=C)ccc2C(N)C(=O)O)c1.Cl. The summed E-state index contributed by atoms with van der Waals surface area (Å²) in [4.78, 5) is 11.3. The number of nitrogens with two attached hydrogens (primary N) is 1. The molecule has 0 saturated carbocycles. The third kappa shape index (κ3) is 4.72. The molecule has 0 fully saturated rings. The van der Waals surface area contributed by atoms with Crippen molar-refractivity contribution in [2.45, 2.75) is 18.9 Å². The van der Waals surface area contributed by atoms with Crippen LogP contribution in [0, 0.1) is 0 Å². The van der Waals surface area contributed by atoms with Crippen LogP contribution >= 0.6 is 12.4 Å². The molecule has 0 aliphatic rings. The standard InChI is InChI=1S/C20H21NO3.ClH/c1-3-5-13-7-9-15(19(21)20(23)24)16(11-13)17-12-14(6-4-2)8-10-18(17)22;/h3-4,7-12,19,22H,1-2,5-6,21H2,(H,23,24);1H. The summed E-state index contributed by atoms with van der Waals surface area (Å²) < 4.78 is 0. The van der Waals surface area contributed by atoms with Crippen LogP contribution in [0.25, 0.3) is 11.1 Å². The summed E-state index contributed by atoms with van der Waals surface area (Å²) in [5.41, 5.74) is 9.41. The predicted molar refractivity (Wildman–Crippen MR) is 103 cm³/mol. The van der Waals surface area contributed by atoms with Gasteiger partial charge in [0.15, 0.2) is 0 Å². The maximum Gasteiger partial charge on any atom is 0.325 e. The first-order valence-corrected chi connectivity index (χ1v) is 7.63. The maximum absolute atomic E-state index is 11.3. The van der Waals surface area contributed by atoms with Gasteiger partial charge >= 0.3 is 5.97 Å². The van der Waals surface area contributed by atoms with E-state index < -0.39 is 12.0 Å². The van der Waals surface area contributed by atoms with Crippen molar-refractivity contribution >= 4 is 18.4 Å². The van der Waals surface area contributed by atoms with Gasteiger partial charge in [0.2, 0.25) is 0 Å². The molecule has 4 N–H and O–H groups in total.